The number of hydrogen-bond acceptors (Lipinski definition) is 1. The Morgan fingerprint density at radius 1 is 0.944 bits per heavy atom. The van der Waals surface area contributed by atoms with Gasteiger partial charge in [0.25, 0.3) is 0 Å². The maximum absolute atomic E-state index is 2.62. The lowest BCUT2D eigenvalue weighted by molar-refractivity contribution is 0.217. The third kappa shape index (κ3) is 4.26. The molecular weight excluding hydrogens is 218 g/mol. The van der Waals surface area contributed by atoms with Crippen molar-refractivity contribution in [3.8, 4) is 0 Å². The number of fused-ring (bicyclic) bond motifs is 2. The minimum Gasteiger partial charge on any atom is -0.306 e. The van der Waals surface area contributed by atoms with Gasteiger partial charge in [0, 0.05) is 6.54 Å². The molecule has 0 amide bonds. The monoisotopic (exact) mass is 251 g/mol. The van der Waals surface area contributed by atoms with Gasteiger partial charge in [0.2, 0.25) is 0 Å². The lowest BCUT2D eigenvalue weighted by Gasteiger charge is -2.27. The quantitative estimate of drug-likeness (QED) is 0.536. The lowest BCUT2D eigenvalue weighted by atomic mass is 9.88. The predicted molar refractivity (Wildman–Crippen MR) is 79.8 cm³/mol. The first-order chi connectivity index (χ1) is 8.79. The first kappa shape index (κ1) is 14.4. The van der Waals surface area contributed by atoms with E-state index in [2.05, 4.69) is 18.9 Å². The molecule has 3 unspecified atom stereocenters. The van der Waals surface area contributed by atoms with E-state index < -0.39 is 0 Å². The molecule has 0 saturated heterocycles. The Balaban J connectivity index is 1.49. The van der Waals surface area contributed by atoms with Crippen molar-refractivity contribution in [3.63, 3.8) is 0 Å². The van der Waals surface area contributed by atoms with Gasteiger partial charge in [0.05, 0.1) is 0 Å². The van der Waals surface area contributed by atoms with Crippen molar-refractivity contribution in [2.24, 2.45) is 17.8 Å². The zero-order chi connectivity index (χ0) is 12.8. The number of rotatable bonds is 9. The van der Waals surface area contributed by atoms with Gasteiger partial charge in [-0.1, -0.05) is 45.4 Å². The Kier molecular flexibility index (Phi) is 6.01. The van der Waals surface area contributed by atoms with Crippen LogP contribution in [0.3, 0.4) is 0 Å². The van der Waals surface area contributed by atoms with E-state index in [0.29, 0.717) is 0 Å². The van der Waals surface area contributed by atoms with Crippen LogP contribution in [-0.4, -0.2) is 25.0 Å². The van der Waals surface area contributed by atoms with Crippen molar-refractivity contribution >= 4 is 0 Å². The van der Waals surface area contributed by atoms with Crippen LogP contribution in [0.4, 0.5) is 0 Å². The van der Waals surface area contributed by atoms with Crippen LogP contribution in [0.25, 0.3) is 0 Å². The maximum Gasteiger partial charge on any atom is 0.000936 e. The zero-order valence-electron chi connectivity index (χ0n) is 12.7. The summed E-state index contributed by atoms with van der Waals surface area (Å²) < 4.78 is 0. The largest absolute Gasteiger partial charge is 0.306 e. The Bertz CT molecular complexity index is 226. The summed E-state index contributed by atoms with van der Waals surface area (Å²) in [6.45, 7) is 5.01. The van der Waals surface area contributed by atoms with Crippen molar-refractivity contribution in [2.75, 3.05) is 20.1 Å². The average Bonchev–Trinajstić information content (AvgIpc) is 2.95. The lowest BCUT2D eigenvalue weighted by Crippen LogP contribution is -2.29. The minimum absolute atomic E-state index is 1.05. The Labute approximate surface area is 114 Å². The molecule has 2 fully saturated rings. The van der Waals surface area contributed by atoms with Gasteiger partial charge in [-0.3, -0.25) is 0 Å². The van der Waals surface area contributed by atoms with Crippen LogP contribution in [-0.2, 0) is 0 Å². The molecule has 2 aliphatic carbocycles. The van der Waals surface area contributed by atoms with Crippen molar-refractivity contribution in [2.45, 2.75) is 71.1 Å². The Hall–Kier alpha value is -0.0400. The molecular formula is C17H33N. The van der Waals surface area contributed by atoms with Gasteiger partial charge < -0.3 is 4.90 Å². The molecule has 0 aromatic rings. The highest BCUT2D eigenvalue weighted by Gasteiger charge is 2.39. The predicted octanol–water partition coefficient (Wildman–Crippen LogP) is 4.71. The normalized spacial score (nSPS) is 30.5. The van der Waals surface area contributed by atoms with E-state index in [1.807, 2.05) is 0 Å². The molecule has 0 aromatic carbocycles. The van der Waals surface area contributed by atoms with E-state index in [0.717, 1.165) is 17.8 Å². The standard InChI is InChI=1S/C17H33N/c1-3-4-5-6-7-8-11-18(2)14-17-13-15-9-10-16(17)12-15/h15-17H,3-14H2,1-2H3. The van der Waals surface area contributed by atoms with E-state index in [9.17, 15) is 0 Å². The molecule has 0 spiro atoms. The van der Waals surface area contributed by atoms with Gasteiger partial charge in [-0.2, -0.15) is 0 Å². The fraction of sp³-hybridized carbons (Fsp3) is 1.00. The molecule has 2 bridgehead atoms. The average molecular weight is 251 g/mol. The van der Waals surface area contributed by atoms with E-state index in [1.165, 1.54) is 51.6 Å². The molecule has 18 heavy (non-hydrogen) atoms. The Morgan fingerprint density at radius 2 is 1.72 bits per heavy atom. The summed E-state index contributed by atoms with van der Waals surface area (Å²) in [6.07, 6.45) is 14.8. The summed E-state index contributed by atoms with van der Waals surface area (Å²) in [5.41, 5.74) is 0. The molecule has 0 heterocycles. The van der Waals surface area contributed by atoms with Crippen molar-refractivity contribution in [3.05, 3.63) is 0 Å². The summed E-state index contributed by atoms with van der Waals surface area (Å²) in [5.74, 6) is 3.26. The second-order valence-corrected chi connectivity index (χ2v) is 6.96. The third-order valence-corrected chi connectivity index (χ3v) is 5.32. The van der Waals surface area contributed by atoms with E-state index in [4.69, 9.17) is 0 Å². The van der Waals surface area contributed by atoms with Gasteiger partial charge >= 0.3 is 0 Å². The van der Waals surface area contributed by atoms with E-state index >= 15 is 0 Å². The Morgan fingerprint density at radius 3 is 2.39 bits per heavy atom. The first-order valence-electron chi connectivity index (χ1n) is 8.48. The second-order valence-electron chi connectivity index (χ2n) is 6.96. The molecule has 0 aliphatic heterocycles. The van der Waals surface area contributed by atoms with Crippen LogP contribution in [0.1, 0.15) is 71.1 Å². The fourth-order valence-electron chi connectivity index (χ4n) is 4.25. The molecule has 0 aromatic heterocycles. The van der Waals surface area contributed by atoms with Gasteiger partial charge in [-0.15, -0.1) is 0 Å². The van der Waals surface area contributed by atoms with Crippen LogP contribution in [0, 0.1) is 17.8 Å². The smallest absolute Gasteiger partial charge is 0.000936 e. The first-order valence-corrected chi connectivity index (χ1v) is 8.48. The molecule has 2 saturated carbocycles. The molecule has 0 N–H and O–H groups in total. The third-order valence-electron chi connectivity index (χ3n) is 5.32. The van der Waals surface area contributed by atoms with Crippen LogP contribution in [0.2, 0.25) is 0 Å². The van der Waals surface area contributed by atoms with Crippen LogP contribution < -0.4 is 0 Å². The van der Waals surface area contributed by atoms with E-state index in [-0.39, 0.29) is 0 Å². The van der Waals surface area contributed by atoms with Gasteiger partial charge in [-0.25, -0.2) is 0 Å². The highest BCUT2D eigenvalue weighted by molar-refractivity contribution is 4.90. The molecule has 106 valence electrons. The van der Waals surface area contributed by atoms with Gasteiger partial charge in [0.15, 0.2) is 0 Å². The summed E-state index contributed by atoms with van der Waals surface area (Å²) in [5, 5.41) is 0. The SMILES string of the molecule is CCCCCCCCN(C)CC1CC2CCC1C2. The summed E-state index contributed by atoms with van der Waals surface area (Å²) >= 11 is 0. The molecule has 2 rings (SSSR count). The highest BCUT2D eigenvalue weighted by Crippen LogP contribution is 2.48. The second kappa shape index (κ2) is 7.53. The topological polar surface area (TPSA) is 3.24 Å². The molecule has 1 nitrogen and oxygen atoms in total. The van der Waals surface area contributed by atoms with Gasteiger partial charge in [-0.05, 0) is 57.0 Å². The summed E-state index contributed by atoms with van der Waals surface area (Å²) in [7, 11) is 2.35. The highest BCUT2D eigenvalue weighted by atomic mass is 15.1. The summed E-state index contributed by atoms with van der Waals surface area (Å²) in [6, 6.07) is 0. The fourth-order valence-corrected chi connectivity index (χ4v) is 4.25. The maximum atomic E-state index is 2.62. The van der Waals surface area contributed by atoms with E-state index in [1.54, 1.807) is 25.7 Å². The minimum atomic E-state index is 1.05. The van der Waals surface area contributed by atoms with Crippen molar-refractivity contribution in [1.82, 2.24) is 4.90 Å². The molecule has 0 radical (unpaired) electrons. The van der Waals surface area contributed by atoms with Crippen LogP contribution in [0.15, 0.2) is 0 Å². The molecule has 2 aliphatic rings. The molecule has 3 atom stereocenters. The van der Waals surface area contributed by atoms with Gasteiger partial charge in [0.1, 0.15) is 0 Å². The van der Waals surface area contributed by atoms with Crippen LogP contribution in [0.5, 0.6) is 0 Å². The van der Waals surface area contributed by atoms with Crippen LogP contribution >= 0.6 is 0 Å². The zero-order valence-corrected chi connectivity index (χ0v) is 12.7. The number of unbranched alkanes of at least 4 members (excludes halogenated alkanes) is 5. The van der Waals surface area contributed by atoms with Crippen molar-refractivity contribution in [1.29, 1.82) is 0 Å². The number of nitrogens with zero attached hydrogens (tertiary/aromatic N) is 1. The summed E-state index contributed by atoms with van der Waals surface area (Å²) in [4.78, 5) is 2.62. The van der Waals surface area contributed by atoms with Crippen molar-refractivity contribution < 1.29 is 0 Å². The molecule has 1 heteroatoms. The number of hydrogen-bond donors (Lipinski definition) is 0.